The predicted octanol–water partition coefficient (Wildman–Crippen LogP) is 3.74. The van der Waals surface area contributed by atoms with E-state index in [-0.39, 0.29) is 17.9 Å². The third-order valence-electron chi connectivity index (χ3n) is 5.22. The van der Waals surface area contributed by atoms with Crippen molar-refractivity contribution < 1.29 is 9.90 Å². The summed E-state index contributed by atoms with van der Waals surface area (Å²) in [5, 5.41) is 12.7. The van der Waals surface area contributed by atoms with Crippen molar-refractivity contribution in [2.45, 2.75) is 33.1 Å². The molecule has 1 amide bonds. The number of rotatable bonds is 4. The average Bonchev–Trinajstić information content (AvgIpc) is 3.08. The Morgan fingerprint density at radius 3 is 2.71 bits per heavy atom. The summed E-state index contributed by atoms with van der Waals surface area (Å²) < 4.78 is 0. The lowest BCUT2D eigenvalue weighted by Gasteiger charge is -2.40. The first kappa shape index (κ1) is 17.1. The molecule has 1 aromatic heterocycles. The van der Waals surface area contributed by atoms with Gasteiger partial charge >= 0.3 is 0 Å². The van der Waals surface area contributed by atoms with Crippen molar-refractivity contribution in [1.29, 1.82) is 0 Å². The number of aliphatic hydroxyl groups excluding tert-OH is 1. The summed E-state index contributed by atoms with van der Waals surface area (Å²) in [6, 6.07) is 7.73. The number of likely N-dealkylation sites (tertiary alicyclic amines) is 1. The second kappa shape index (κ2) is 7.03. The number of piperidine rings is 1. The van der Waals surface area contributed by atoms with Gasteiger partial charge < -0.3 is 10.0 Å². The Morgan fingerprint density at radius 2 is 2.12 bits per heavy atom. The van der Waals surface area contributed by atoms with Crippen molar-refractivity contribution in [3.63, 3.8) is 0 Å². The van der Waals surface area contributed by atoms with Crippen LogP contribution in [-0.2, 0) is 0 Å². The van der Waals surface area contributed by atoms with E-state index in [0.717, 1.165) is 35.5 Å². The van der Waals surface area contributed by atoms with Gasteiger partial charge in [0.25, 0.3) is 5.91 Å². The number of aliphatic hydroxyl groups is 1. The Balaban J connectivity index is 1.74. The maximum Gasteiger partial charge on any atom is 0.253 e. The molecule has 2 heterocycles. The van der Waals surface area contributed by atoms with E-state index in [4.69, 9.17) is 0 Å². The van der Waals surface area contributed by atoms with Gasteiger partial charge in [0, 0.05) is 36.2 Å². The molecule has 0 aliphatic carbocycles. The van der Waals surface area contributed by atoms with E-state index in [1.165, 1.54) is 0 Å². The molecular formula is C19H24N2O2S. The molecule has 0 bridgehead atoms. The zero-order valence-corrected chi connectivity index (χ0v) is 15.1. The van der Waals surface area contributed by atoms with Crippen LogP contribution in [0.4, 0.5) is 0 Å². The number of benzene rings is 1. The molecule has 1 aliphatic rings. The molecule has 128 valence electrons. The van der Waals surface area contributed by atoms with E-state index in [0.29, 0.717) is 18.7 Å². The second-order valence-corrected chi connectivity index (χ2v) is 7.70. The Morgan fingerprint density at radius 1 is 1.38 bits per heavy atom. The van der Waals surface area contributed by atoms with Crippen LogP contribution in [-0.4, -0.2) is 40.6 Å². The topological polar surface area (TPSA) is 53.4 Å². The summed E-state index contributed by atoms with van der Waals surface area (Å²) in [5.74, 6) is 0.0754. The number of nitrogens with zero attached hydrogens (tertiary/aromatic N) is 2. The second-order valence-electron chi connectivity index (χ2n) is 6.64. The first-order valence-electron chi connectivity index (χ1n) is 8.49. The maximum absolute atomic E-state index is 12.8. The number of carbonyl (C=O) groups is 1. The van der Waals surface area contributed by atoms with Crippen molar-refractivity contribution in [1.82, 2.24) is 9.88 Å². The molecule has 3 rings (SSSR count). The number of hydrogen-bond donors (Lipinski definition) is 1. The molecule has 1 N–H and O–H groups in total. The number of aryl methyl sites for hydroxylation is 1. The molecule has 0 radical (unpaired) electrons. The van der Waals surface area contributed by atoms with Crippen molar-refractivity contribution in [3.05, 3.63) is 40.2 Å². The normalized spacial score (nSPS) is 17.0. The molecule has 1 saturated heterocycles. The summed E-state index contributed by atoms with van der Waals surface area (Å²) in [6.45, 7) is 5.75. The van der Waals surface area contributed by atoms with Crippen LogP contribution in [0.2, 0.25) is 0 Å². The number of amides is 1. The Hall–Kier alpha value is -1.72. The first-order chi connectivity index (χ1) is 11.6. The highest BCUT2D eigenvalue weighted by atomic mass is 32.1. The lowest BCUT2D eigenvalue weighted by atomic mass is 9.77. The fraction of sp³-hybridized carbons (Fsp3) is 0.474. The van der Waals surface area contributed by atoms with Gasteiger partial charge in [0.2, 0.25) is 0 Å². The minimum absolute atomic E-state index is 0.00322. The van der Waals surface area contributed by atoms with Gasteiger partial charge in [0.05, 0.1) is 10.7 Å². The van der Waals surface area contributed by atoms with E-state index in [9.17, 15) is 9.90 Å². The largest absolute Gasteiger partial charge is 0.396 e. The number of thiazole rings is 1. The van der Waals surface area contributed by atoms with E-state index in [2.05, 4.69) is 11.9 Å². The summed E-state index contributed by atoms with van der Waals surface area (Å²) in [4.78, 5) is 19.2. The third-order valence-corrected chi connectivity index (χ3v) is 5.99. The van der Waals surface area contributed by atoms with Gasteiger partial charge in [-0.2, -0.15) is 0 Å². The van der Waals surface area contributed by atoms with Crippen molar-refractivity contribution in [2.24, 2.45) is 5.41 Å². The van der Waals surface area contributed by atoms with Crippen LogP contribution in [0.5, 0.6) is 0 Å². The Kier molecular flexibility index (Phi) is 5.01. The van der Waals surface area contributed by atoms with Crippen LogP contribution < -0.4 is 0 Å². The van der Waals surface area contributed by atoms with E-state index >= 15 is 0 Å². The average molecular weight is 344 g/mol. The number of hydrogen-bond acceptors (Lipinski definition) is 4. The number of aromatic nitrogens is 1. The fourth-order valence-corrected chi connectivity index (χ4v) is 3.92. The van der Waals surface area contributed by atoms with Crippen LogP contribution >= 0.6 is 11.3 Å². The third kappa shape index (κ3) is 3.37. The summed E-state index contributed by atoms with van der Waals surface area (Å²) in [6.07, 6.45) is 2.71. The van der Waals surface area contributed by atoms with Gasteiger partial charge in [-0.15, -0.1) is 11.3 Å². The predicted molar refractivity (Wildman–Crippen MR) is 97.2 cm³/mol. The lowest BCUT2D eigenvalue weighted by Crippen LogP contribution is -2.44. The molecular weight excluding hydrogens is 320 g/mol. The monoisotopic (exact) mass is 344 g/mol. The molecule has 1 aromatic carbocycles. The van der Waals surface area contributed by atoms with Crippen LogP contribution in [0.3, 0.4) is 0 Å². The first-order valence-corrected chi connectivity index (χ1v) is 9.37. The molecule has 4 nitrogen and oxygen atoms in total. The van der Waals surface area contributed by atoms with E-state index in [1.807, 2.05) is 41.5 Å². The standard InChI is InChI=1S/C19H24N2O2S/c1-3-19(13-22)7-9-21(10-8-19)18(23)16-6-4-5-15(11-16)17-12-24-14(2)20-17/h4-6,11-12,22H,3,7-10,13H2,1-2H3. The van der Waals surface area contributed by atoms with Crippen molar-refractivity contribution >= 4 is 17.2 Å². The summed E-state index contributed by atoms with van der Waals surface area (Å²) >= 11 is 1.62. The van der Waals surface area contributed by atoms with Gasteiger partial charge in [0.1, 0.15) is 0 Å². The zero-order chi connectivity index (χ0) is 17.2. The van der Waals surface area contributed by atoms with E-state index < -0.39 is 0 Å². The van der Waals surface area contributed by atoms with E-state index in [1.54, 1.807) is 11.3 Å². The van der Waals surface area contributed by atoms with Crippen molar-refractivity contribution in [3.8, 4) is 11.3 Å². The molecule has 1 aliphatic heterocycles. The van der Waals surface area contributed by atoms with Gasteiger partial charge in [-0.25, -0.2) is 4.98 Å². The number of carbonyl (C=O) groups excluding carboxylic acids is 1. The van der Waals surface area contributed by atoms with Crippen LogP contribution in [0.25, 0.3) is 11.3 Å². The van der Waals surface area contributed by atoms with Gasteiger partial charge in [-0.1, -0.05) is 19.1 Å². The smallest absolute Gasteiger partial charge is 0.253 e. The van der Waals surface area contributed by atoms with Crippen LogP contribution in [0, 0.1) is 12.3 Å². The SMILES string of the molecule is CCC1(CO)CCN(C(=O)c2cccc(-c3csc(C)n3)c2)CC1. The quantitative estimate of drug-likeness (QED) is 0.919. The maximum atomic E-state index is 12.8. The molecule has 1 fully saturated rings. The van der Waals surface area contributed by atoms with Crippen LogP contribution in [0.1, 0.15) is 41.6 Å². The molecule has 5 heteroatoms. The highest BCUT2D eigenvalue weighted by molar-refractivity contribution is 7.09. The minimum Gasteiger partial charge on any atom is -0.396 e. The minimum atomic E-state index is -0.00322. The van der Waals surface area contributed by atoms with Gasteiger partial charge in [-0.05, 0) is 43.7 Å². The molecule has 0 saturated carbocycles. The molecule has 0 unspecified atom stereocenters. The fourth-order valence-electron chi connectivity index (χ4n) is 3.30. The molecule has 0 spiro atoms. The Labute approximate surface area is 147 Å². The molecule has 24 heavy (non-hydrogen) atoms. The van der Waals surface area contributed by atoms with Crippen LogP contribution in [0.15, 0.2) is 29.6 Å². The highest BCUT2D eigenvalue weighted by Crippen LogP contribution is 2.34. The Bertz CT molecular complexity index is 712. The van der Waals surface area contributed by atoms with Crippen molar-refractivity contribution in [2.75, 3.05) is 19.7 Å². The molecule has 2 aromatic rings. The summed E-state index contributed by atoms with van der Waals surface area (Å²) in [7, 11) is 0. The highest BCUT2D eigenvalue weighted by Gasteiger charge is 2.34. The molecule has 0 atom stereocenters. The summed E-state index contributed by atoms with van der Waals surface area (Å²) in [5.41, 5.74) is 2.62. The van der Waals surface area contributed by atoms with Gasteiger partial charge in [-0.3, -0.25) is 4.79 Å². The van der Waals surface area contributed by atoms with Gasteiger partial charge in [0.15, 0.2) is 0 Å². The lowest BCUT2D eigenvalue weighted by molar-refractivity contribution is 0.0338. The zero-order valence-electron chi connectivity index (χ0n) is 14.3.